The molecule has 15 heavy (non-hydrogen) atoms. The van der Waals surface area contributed by atoms with Crippen molar-refractivity contribution >= 4 is 11.8 Å². The average Bonchev–Trinajstić information content (AvgIpc) is 2.29. The van der Waals surface area contributed by atoms with E-state index in [9.17, 15) is 9.59 Å². The monoisotopic (exact) mass is 206 g/mol. The Morgan fingerprint density at radius 2 is 1.80 bits per heavy atom. The first-order valence-electron chi connectivity index (χ1n) is 4.86. The molecule has 0 spiro atoms. The van der Waals surface area contributed by atoms with Crippen LogP contribution in [0.15, 0.2) is 24.3 Å². The second kappa shape index (κ2) is 5.29. The summed E-state index contributed by atoms with van der Waals surface area (Å²) >= 11 is 0. The fraction of sp³-hybridized carbons (Fsp3) is 0.333. The van der Waals surface area contributed by atoms with E-state index in [1.807, 2.05) is 19.1 Å². The minimum atomic E-state index is -0.500. The highest BCUT2D eigenvalue weighted by atomic mass is 16.5. The van der Waals surface area contributed by atoms with Crippen LogP contribution in [0.2, 0.25) is 0 Å². The summed E-state index contributed by atoms with van der Waals surface area (Å²) in [6.45, 7) is 2.05. The second-order valence-corrected chi connectivity index (χ2v) is 3.23. The van der Waals surface area contributed by atoms with Crippen molar-refractivity contribution in [1.29, 1.82) is 0 Å². The van der Waals surface area contributed by atoms with Crippen molar-refractivity contribution in [3.05, 3.63) is 35.4 Å². The van der Waals surface area contributed by atoms with Crippen LogP contribution in [0.1, 0.15) is 29.3 Å². The Morgan fingerprint density at radius 1 is 1.20 bits per heavy atom. The van der Waals surface area contributed by atoms with Crippen molar-refractivity contribution in [1.82, 2.24) is 0 Å². The molecule has 1 aromatic carbocycles. The maximum absolute atomic E-state index is 11.5. The van der Waals surface area contributed by atoms with Crippen LogP contribution in [-0.2, 0) is 16.0 Å². The van der Waals surface area contributed by atoms with Gasteiger partial charge in [0.05, 0.1) is 7.11 Å². The average molecular weight is 206 g/mol. The molecule has 1 rings (SSSR count). The zero-order chi connectivity index (χ0) is 11.3. The molecule has 80 valence electrons. The molecular weight excluding hydrogens is 192 g/mol. The standard InChI is InChI=1S/C12H14O3/c1-3-9-4-6-10(7-5-9)11(13)8-12(14)15-2/h4-7H,3,8H2,1-2H3. The van der Waals surface area contributed by atoms with Gasteiger partial charge in [-0.05, 0) is 12.0 Å². The third kappa shape index (κ3) is 3.20. The Bertz CT molecular complexity index is 352. The molecule has 0 bridgehead atoms. The van der Waals surface area contributed by atoms with Gasteiger partial charge >= 0.3 is 5.97 Å². The Hall–Kier alpha value is -1.64. The van der Waals surface area contributed by atoms with Crippen LogP contribution < -0.4 is 0 Å². The van der Waals surface area contributed by atoms with E-state index in [2.05, 4.69) is 4.74 Å². The van der Waals surface area contributed by atoms with Crippen LogP contribution >= 0.6 is 0 Å². The van der Waals surface area contributed by atoms with Crippen LogP contribution in [0.3, 0.4) is 0 Å². The number of benzene rings is 1. The number of carbonyl (C=O) groups is 2. The van der Waals surface area contributed by atoms with E-state index in [4.69, 9.17) is 0 Å². The maximum Gasteiger partial charge on any atom is 0.313 e. The van der Waals surface area contributed by atoms with Crippen LogP contribution in [-0.4, -0.2) is 18.9 Å². The smallest absolute Gasteiger partial charge is 0.313 e. The van der Waals surface area contributed by atoms with Crippen LogP contribution in [0.5, 0.6) is 0 Å². The quantitative estimate of drug-likeness (QED) is 0.430. The van der Waals surface area contributed by atoms with Gasteiger partial charge in [-0.1, -0.05) is 31.2 Å². The van der Waals surface area contributed by atoms with Gasteiger partial charge < -0.3 is 4.74 Å². The van der Waals surface area contributed by atoms with Crippen molar-refractivity contribution in [2.75, 3.05) is 7.11 Å². The van der Waals surface area contributed by atoms with E-state index in [0.717, 1.165) is 6.42 Å². The molecule has 0 radical (unpaired) electrons. The molecule has 0 atom stereocenters. The predicted octanol–water partition coefficient (Wildman–Crippen LogP) is 1.99. The fourth-order valence-corrected chi connectivity index (χ4v) is 1.23. The first-order chi connectivity index (χ1) is 7.17. The van der Waals surface area contributed by atoms with Gasteiger partial charge in [-0.15, -0.1) is 0 Å². The molecule has 0 unspecified atom stereocenters. The fourth-order valence-electron chi connectivity index (χ4n) is 1.23. The highest BCUT2D eigenvalue weighted by Crippen LogP contribution is 2.07. The van der Waals surface area contributed by atoms with Crippen molar-refractivity contribution < 1.29 is 14.3 Å². The maximum atomic E-state index is 11.5. The summed E-state index contributed by atoms with van der Waals surface area (Å²) in [6, 6.07) is 7.27. The molecule has 0 aromatic heterocycles. The lowest BCUT2D eigenvalue weighted by Gasteiger charge is -2.01. The van der Waals surface area contributed by atoms with E-state index in [-0.39, 0.29) is 12.2 Å². The van der Waals surface area contributed by atoms with E-state index < -0.39 is 5.97 Å². The molecule has 3 heteroatoms. The lowest BCUT2D eigenvalue weighted by atomic mass is 10.1. The predicted molar refractivity (Wildman–Crippen MR) is 56.8 cm³/mol. The molecule has 1 aromatic rings. The highest BCUT2D eigenvalue weighted by Gasteiger charge is 2.11. The van der Waals surface area contributed by atoms with E-state index >= 15 is 0 Å². The number of ketones is 1. The summed E-state index contributed by atoms with van der Waals surface area (Å²) in [5.41, 5.74) is 1.72. The molecule has 0 heterocycles. The number of ether oxygens (including phenoxy) is 1. The van der Waals surface area contributed by atoms with Gasteiger partial charge in [0.25, 0.3) is 0 Å². The summed E-state index contributed by atoms with van der Waals surface area (Å²) < 4.78 is 4.43. The molecule has 3 nitrogen and oxygen atoms in total. The molecule has 0 aliphatic heterocycles. The number of aryl methyl sites for hydroxylation is 1. The molecule has 0 aliphatic rings. The minimum Gasteiger partial charge on any atom is -0.469 e. The van der Waals surface area contributed by atoms with E-state index in [1.54, 1.807) is 12.1 Å². The number of esters is 1. The molecule has 0 N–H and O–H groups in total. The van der Waals surface area contributed by atoms with Crippen molar-refractivity contribution in [3.8, 4) is 0 Å². The Kier molecular flexibility index (Phi) is 4.03. The van der Waals surface area contributed by atoms with Gasteiger partial charge in [-0.25, -0.2) is 0 Å². The zero-order valence-electron chi connectivity index (χ0n) is 8.95. The lowest BCUT2D eigenvalue weighted by molar-refractivity contribution is -0.139. The van der Waals surface area contributed by atoms with Crippen LogP contribution in [0.4, 0.5) is 0 Å². The highest BCUT2D eigenvalue weighted by molar-refractivity contribution is 6.05. The number of Topliss-reactive ketones (excluding diaryl/α,β-unsaturated/α-hetero) is 1. The van der Waals surface area contributed by atoms with Crippen LogP contribution in [0.25, 0.3) is 0 Å². The number of hydrogen-bond acceptors (Lipinski definition) is 3. The van der Waals surface area contributed by atoms with Gasteiger partial charge in [0.15, 0.2) is 5.78 Å². The molecule has 0 amide bonds. The molecular formula is C12H14O3. The normalized spacial score (nSPS) is 9.73. The first kappa shape index (κ1) is 11.4. The van der Waals surface area contributed by atoms with Crippen LogP contribution in [0, 0.1) is 0 Å². The SMILES string of the molecule is CCc1ccc(C(=O)CC(=O)OC)cc1. The number of rotatable bonds is 4. The second-order valence-electron chi connectivity index (χ2n) is 3.23. The Balaban J connectivity index is 2.70. The largest absolute Gasteiger partial charge is 0.469 e. The van der Waals surface area contributed by atoms with Crippen molar-refractivity contribution in [2.45, 2.75) is 19.8 Å². The molecule has 0 aliphatic carbocycles. The summed E-state index contributed by atoms with van der Waals surface area (Å²) in [5.74, 6) is -0.705. The van der Waals surface area contributed by atoms with Gasteiger partial charge in [0.1, 0.15) is 6.42 Å². The van der Waals surface area contributed by atoms with Gasteiger partial charge in [-0.3, -0.25) is 9.59 Å². The van der Waals surface area contributed by atoms with Gasteiger partial charge in [0.2, 0.25) is 0 Å². The summed E-state index contributed by atoms with van der Waals surface area (Å²) in [4.78, 5) is 22.4. The first-order valence-corrected chi connectivity index (χ1v) is 4.86. The van der Waals surface area contributed by atoms with Crippen molar-refractivity contribution in [3.63, 3.8) is 0 Å². The number of hydrogen-bond donors (Lipinski definition) is 0. The summed E-state index contributed by atoms with van der Waals surface area (Å²) in [7, 11) is 1.27. The van der Waals surface area contributed by atoms with E-state index in [0.29, 0.717) is 5.56 Å². The topological polar surface area (TPSA) is 43.4 Å². The lowest BCUT2D eigenvalue weighted by Crippen LogP contribution is -2.09. The molecule has 0 saturated heterocycles. The number of carbonyl (C=O) groups excluding carboxylic acids is 2. The minimum absolute atomic E-state index is 0.192. The van der Waals surface area contributed by atoms with Gasteiger partial charge in [-0.2, -0.15) is 0 Å². The zero-order valence-corrected chi connectivity index (χ0v) is 8.95. The number of methoxy groups -OCH3 is 1. The van der Waals surface area contributed by atoms with Gasteiger partial charge in [0, 0.05) is 5.56 Å². The summed E-state index contributed by atoms with van der Waals surface area (Å²) in [5, 5.41) is 0. The molecule has 0 fully saturated rings. The Morgan fingerprint density at radius 3 is 2.27 bits per heavy atom. The third-order valence-electron chi connectivity index (χ3n) is 2.22. The summed E-state index contributed by atoms with van der Waals surface area (Å²) in [6.07, 6.45) is 0.743. The Labute approximate surface area is 89.1 Å². The third-order valence-corrected chi connectivity index (χ3v) is 2.22. The van der Waals surface area contributed by atoms with E-state index in [1.165, 1.54) is 12.7 Å². The molecule has 0 saturated carbocycles. The van der Waals surface area contributed by atoms with Crippen molar-refractivity contribution in [2.24, 2.45) is 0 Å².